The standard InChI is InChI=1S/C14H21BO2/c1-6-14(10-8-7-9-11-14)15-16-12(2,3)13(4,5)17-15/h6-10H,1,11H2,2-5H3. The Morgan fingerprint density at radius 2 is 1.71 bits per heavy atom. The zero-order valence-corrected chi connectivity index (χ0v) is 11.2. The molecule has 0 saturated carbocycles. The van der Waals surface area contributed by atoms with Crippen LogP contribution in [0.1, 0.15) is 34.1 Å². The largest absolute Gasteiger partial charge is 0.472 e. The highest BCUT2D eigenvalue weighted by molar-refractivity contribution is 6.51. The van der Waals surface area contributed by atoms with E-state index in [9.17, 15) is 0 Å². The molecule has 2 nitrogen and oxygen atoms in total. The topological polar surface area (TPSA) is 18.5 Å². The van der Waals surface area contributed by atoms with Crippen LogP contribution in [0.2, 0.25) is 5.31 Å². The second kappa shape index (κ2) is 3.86. The summed E-state index contributed by atoms with van der Waals surface area (Å²) in [6, 6.07) is 0. The molecule has 1 fully saturated rings. The van der Waals surface area contributed by atoms with Gasteiger partial charge in [0.15, 0.2) is 0 Å². The average molecular weight is 232 g/mol. The number of hydrogen-bond donors (Lipinski definition) is 0. The van der Waals surface area contributed by atoms with Crippen molar-refractivity contribution in [3.63, 3.8) is 0 Å². The van der Waals surface area contributed by atoms with Crippen LogP contribution in [0.3, 0.4) is 0 Å². The van der Waals surface area contributed by atoms with Crippen LogP contribution in [0.5, 0.6) is 0 Å². The van der Waals surface area contributed by atoms with Crippen molar-refractivity contribution in [1.82, 2.24) is 0 Å². The molecule has 2 rings (SSSR count). The van der Waals surface area contributed by atoms with Crippen molar-refractivity contribution >= 4 is 7.12 Å². The van der Waals surface area contributed by atoms with Gasteiger partial charge in [-0.25, -0.2) is 0 Å². The molecule has 0 amide bonds. The van der Waals surface area contributed by atoms with E-state index < -0.39 is 0 Å². The Hall–Kier alpha value is -0.795. The monoisotopic (exact) mass is 232 g/mol. The predicted molar refractivity (Wildman–Crippen MR) is 71.9 cm³/mol. The lowest BCUT2D eigenvalue weighted by Gasteiger charge is -2.32. The van der Waals surface area contributed by atoms with E-state index >= 15 is 0 Å². The van der Waals surface area contributed by atoms with Crippen LogP contribution in [-0.2, 0) is 9.31 Å². The van der Waals surface area contributed by atoms with Gasteiger partial charge in [0.2, 0.25) is 0 Å². The molecular formula is C14H21BO2. The molecule has 0 radical (unpaired) electrons. The Labute approximate surface area is 105 Å². The molecule has 1 aliphatic heterocycles. The van der Waals surface area contributed by atoms with Gasteiger partial charge in [0.25, 0.3) is 0 Å². The minimum Gasteiger partial charge on any atom is -0.402 e. The van der Waals surface area contributed by atoms with Crippen molar-refractivity contribution in [3.05, 3.63) is 37.0 Å². The quantitative estimate of drug-likeness (QED) is 0.535. The smallest absolute Gasteiger partial charge is 0.402 e. The highest BCUT2D eigenvalue weighted by Gasteiger charge is 2.57. The summed E-state index contributed by atoms with van der Waals surface area (Å²) in [7, 11) is -0.258. The lowest BCUT2D eigenvalue weighted by molar-refractivity contribution is 0.00578. The summed E-state index contributed by atoms with van der Waals surface area (Å²) in [6.07, 6.45) is 11.2. The molecule has 17 heavy (non-hydrogen) atoms. The van der Waals surface area contributed by atoms with Crippen LogP contribution < -0.4 is 0 Å². The fraction of sp³-hybridized carbons (Fsp3) is 0.571. The first-order valence-corrected chi connectivity index (χ1v) is 6.17. The Morgan fingerprint density at radius 3 is 2.12 bits per heavy atom. The molecule has 1 heterocycles. The normalized spacial score (nSPS) is 34.0. The lowest BCUT2D eigenvalue weighted by atomic mass is 9.54. The van der Waals surface area contributed by atoms with Gasteiger partial charge in [-0.3, -0.25) is 0 Å². The Morgan fingerprint density at radius 1 is 1.12 bits per heavy atom. The van der Waals surface area contributed by atoms with E-state index in [1.54, 1.807) is 0 Å². The minimum absolute atomic E-state index is 0.236. The first-order valence-electron chi connectivity index (χ1n) is 6.17. The van der Waals surface area contributed by atoms with Gasteiger partial charge < -0.3 is 9.31 Å². The molecule has 0 aromatic heterocycles. The Bertz CT molecular complexity index is 366. The fourth-order valence-corrected chi connectivity index (χ4v) is 2.14. The van der Waals surface area contributed by atoms with Crippen LogP contribution in [0.4, 0.5) is 0 Å². The Kier molecular flexibility index (Phi) is 2.87. The molecule has 1 unspecified atom stereocenters. The van der Waals surface area contributed by atoms with Gasteiger partial charge in [-0.2, -0.15) is 0 Å². The SMILES string of the molecule is C=CC1(B2OC(C)(C)C(C)(C)O2)C=CC=CC1. The zero-order valence-electron chi connectivity index (χ0n) is 11.2. The van der Waals surface area contributed by atoms with Crippen LogP contribution in [-0.4, -0.2) is 18.3 Å². The molecule has 0 aromatic rings. The molecule has 0 N–H and O–H groups in total. The van der Waals surface area contributed by atoms with E-state index in [1.807, 2.05) is 18.2 Å². The lowest BCUT2D eigenvalue weighted by Crippen LogP contribution is -2.41. The van der Waals surface area contributed by atoms with Gasteiger partial charge >= 0.3 is 7.12 Å². The fourth-order valence-electron chi connectivity index (χ4n) is 2.14. The molecule has 1 saturated heterocycles. The molecule has 0 aromatic carbocycles. The van der Waals surface area contributed by atoms with Crippen LogP contribution >= 0.6 is 0 Å². The molecule has 0 bridgehead atoms. The van der Waals surface area contributed by atoms with E-state index in [0.29, 0.717) is 0 Å². The molecule has 1 aliphatic carbocycles. The van der Waals surface area contributed by atoms with Crippen LogP contribution in [0.15, 0.2) is 37.0 Å². The molecule has 3 heteroatoms. The maximum Gasteiger partial charge on any atom is 0.472 e. The first-order chi connectivity index (χ1) is 7.83. The van der Waals surface area contributed by atoms with Gasteiger partial charge in [0.05, 0.1) is 11.2 Å². The third-order valence-electron chi connectivity index (χ3n) is 4.20. The van der Waals surface area contributed by atoms with E-state index in [1.165, 1.54) is 0 Å². The molecule has 1 atom stereocenters. The summed E-state index contributed by atoms with van der Waals surface area (Å²) < 4.78 is 12.2. The van der Waals surface area contributed by atoms with Gasteiger partial charge in [0, 0.05) is 5.31 Å². The minimum atomic E-state index is -0.289. The maximum absolute atomic E-state index is 6.12. The maximum atomic E-state index is 6.12. The van der Waals surface area contributed by atoms with Gasteiger partial charge in [-0.05, 0) is 34.1 Å². The summed E-state index contributed by atoms with van der Waals surface area (Å²) in [6.45, 7) is 12.3. The molecule has 0 spiro atoms. The van der Waals surface area contributed by atoms with Crippen molar-refractivity contribution in [2.45, 2.75) is 50.6 Å². The highest BCUT2D eigenvalue weighted by atomic mass is 16.7. The predicted octanol–water partition coefficient (Wildman–Crippen LogP) is 3.52. The summed E-state index contributed by atoms with van der Waals surface area (Å²) in [4.78, 5) is 0. The zero-order chi connectivity index (χ0) is 12.7. The Balaban J connectivity index is 2.28. The summed E-state index contributed by atoms with van der Waals surface area (Å²) in [5, 5.41) is -0.236. The molecule has 2 aliphatic rings. The summed E-state index contributed by atoms with van der Waals surface area (Å²) in [5.41, 5.74) is -0.578. The van der Waals surface area contributed by atoms with E-state index in [-0.39, 0.29) is 23.6 Å². The van der Waals surface area contributed by atoms with Crippen LogP contribution in [0.25, 0.3) is 0 Å². The third kappa shape index (κ3) is 1.92. The summed E-state index contributed by atoms with van der Waals surface area (Å²) in [5.74, 6) is 0. The summed E-state index contributed by atoms with van der Waals surface area (Å²) >= 11 is 0. The molecular weight excluding hydrogens is 211 g/mol. The van der Waals surface area contributed by atoms with Crippen molar-refractivity contribution in [3.8, 4) is 0 Å². The van der Waals surface area contributed by atoms with E-state index in [0.717, 1.165) is 6.42 Å². The molecule has 92 valence electrons. The van der Waals surface area contributed by atoms with Crippen molar-refractivity contribution in [2.75, 3.05) is 0 Å². The first kappa shape index (κ1) is 12.7. The van der Waals surface area contributed by atoms with Gasteiger partial charge in [-0.1, -0.05) is 30.4 Å². The van der Waals surface area contributed by atoms with E-state index in [2.05, 4.69) is 46.4 Å². The number of rotatable bonds is 2. The number of allylic oxidation sites excluding steroid dienone is 5. The third-order valence-corrected chi connectivity index (χ3v) is 4.20. The average Bonchev–Trinajstić information content (AvgIpc) is 2.49. The van der Waals surface area contributed by atoms with Crippen LogP contribution in [0, 0.1) is 0 Å². The second-order valence-electron chi connectivity index (χ2n) is 5.90. The van der Waals surface area contributed by atoms with E-state index in [4.69, 9.17) is 9.31 Å². The number of hydrogen-bond acceptors (Lipinski definition) is 2. The van der Waals surface area contributed by atoms with Crippen molar-refractivity contribution < 1.29 is 9.31 Å². The van der Waals surface area contributed by atoms with Crippen molar-refractivity contribution in [1.29, 1.82) is 0 Å². The van der Waals surface area contributed by atoms with Gasteiger partial charge in [0.1, 0.15) is 0 Å². The van der Waals surface area contributed by atoms with Crippen molar-refractivity contribution in [2.24, 2.45) is 0 Å². The highest BCUT2D eigenvalue weighted by Crippen LogP contribution is 2.49. The van der Waals surface area contributed by atoms with Gasteiger partial charge in [-0.15, -0.1) is 6.58 Å². The second-order valence-corrected chi connectivity index (χ2v) is 5.90.